The van der Waals surface area contributed by atoms with E-state index in [1.54, 1.807) is 6.07 Å². The maximum absolute atomic E-state index is 11.7. The van der Waals surface area contributed by atoms with Crippen molar-refractivity contribution >= 4 is 23.5 Å². The van der Waals surface area contributed by atoms with Crippen molar-refractivity contribution < 1.29 is 14.3 Å². The average molecular weight is 333 g/mol. The molecule has 0 bridgehead atoms. The Hall–Kier alpha value is -2.40. The highest BCUT2D eigenvalue weighted by molar-refractivity contribution is 6.30. The Bertz CT molecular complexity index is 704. The van der Waals surface area contributed by atoms with Gasteiger partial charge in [-0.1, -0.05) is 35.9 Å². The van der Waals surface area contributed by atoms with Crippen molar-refractivity contribution in [2.45, 2.75) is 13.3 Å². The van der Waals surface area contributed by atoms with Crippen molar-refractivity contribution in [2.75, 3.05) is 13.2 Å². The van der Waals surface area contributed by atoms with Gasteiger partial charge in [-0.3, -0.25) is 4.79 Å². The lowest BCUT2D eigenvalue weighted by molar-refractivity contribution is -0.124. The summed E-state index contributed by atoms with van der Waals surface area (Å²) in [5.74, 6) is -1.03. The number of carbonyl (C=O) groups excluding carboxylic acids is 2. The molecular weight excluding hydrogens is 316 g/mol. The van der Waals surface area contributed by atoms with E-state index in [2.05, 4.69) is 10.3 Å². The molecule has 6 heteroatoms. The average Bonchev–Trinajstić information content (AvgIpc) is 2.54. The molecule has 0 radical (unpaired) electrons. The first-order chi connectivity index (χ1) is 11.1. The lowest BCUT2D eigenvalue weighted by Gasteiger charge is -2.08. The molecule has 5 nitrogen and oxygen atoms in total. The van der Waals surface area contributed by atoms with Gasteiger partial charge in [-0.25, -0.2) is 9.78 Å². The SMILES string of the molecule is Cc1ccccc1CCNC(=O)COC(=O)c1cc(Cl)ccn1. The van der Waals surface area contributed by atoms with E-state index in [0.29, 0.717) is 11.6 Å². The molecular formula is C17H17ClN2O3. The summed E-state index contributed by atoms with van der Waals surface area (Å²) in [6.07, 6.45) is 2.13. The number of hydrogen-bond donors (Lipinski definition) is 1. The lowest BCUT2D eigenvalue weighted by atomic mass is 10.1. The number of aryl methyl sites for hydroxylation is 1. The summed E-state index contributed by atoms with van der Waals surface area (Å²) >= 11 is 5.76. The Kier molecular flexibility index (Phi) is 6.11. The number of ether oxygens (including phenoxy) is 1. The Morgan fingerprint density at radius 3 is 2.78 bits per heavy atom. The molecule has 2 aromatic rings. The number of hydrogen-bond acceptors (Lipinski definition) is 4. The topological polar surface area (TPSA) is 68.3 Å². The van der Waals surface area contributed by atoms with Crippen LogP contribution in [0, 0.1) is 6.92 Å². The number of aromatic nitrogens is 1. The highest BCUT2D eigenvalue weighted by Crippen LogP contribution is 2.09. The van der Waals surface area contributed by atoms with Crippen LogP contribution in [0.15, 0.2) is 42.6 Å². The molecule has 0 atom stereocenters. The lowest BCUT2D eigenvalue weighted by Crippen LogP contribution is -2.30. The van der Waals surface area contributed by atoms with Gasteiger partial charge in [0.15, 0.2) is 6.61 Å². The third-order valence-corrected chi connectivity index (χ3v) is 3.48. The number of amides is 1. The van der Waals surface area contributed by atoms with Gasteiger partial charge < -0.3 is 10.1 Å². The van der Waals surface area contributed by atoms with Crippen molar-refractivity contribution in [3.63, 3.8) is 0 Å². The van der Waals surface area contributed by atoms with Gasteiger partial charge in [-0.2, -0.15) is 0 Å². The van der Waals surface area contributed by atoms with E-state index in [0.717, 1.165) is 6.42 Å². The molecule has 0 aliphatic carbocycles. The van der Waals surface area contributed by atoms with Crippen LogP contribution in [0.1, 0.15) is 21.6 Å². The summed E-state index contributed by atoms with van der Waals surface area (Å²) in [7, 11) is 0. The molecule has 1 aromatic carbocycles. The Morgan fingerprint density at radius 1 is 1.26 bits per heavy atom. The molecule has 0 aliphatic heterocycles. The molecule has 0 aliphatic rings. The second-order valence-corrected chi connectivity index (χ2v) is 5.40. The molecule has 1 N–H and O–H groups in total. The molecule has 1 heterocycles. The number of pyridine rings is 1. The third kappa shape index (κ3) is 5.38. The van der Waals surface area contributed by atoms with E-state index in [1.165, 1.54) is 23.4 Å². The zero-order valence-corrected chi connectivity index (χ0v) is 13.5. The zero-order valence-electron chi connectivity index (χ0n) is 12.7. The van der Waals surface area contributed by atoms with Gasteiger partial charge in [-0.15, -0.1) is 0 Å². The van der Waals surface area contributed by atoms with Crippen molar-refractivity contribution in [3.8, 4) is 0 Å². The van der Waals surface area contributed by atoms with Gasteiger partial charge in [0.25, 0.3) is 5.91 Å². The predicted molar refractivity (Wildman–Crippen MR) is 87.4 cm³/mol. The second kappa shape index (κ2) is 8.29. The number of rotatable bonds is 6. The molecule has 2 rings (SSSR count). The number of esters is 1. The highest BCUT2D eigenvalue weighted by atomic mass is 35.5. The minimum Gasteiger partial charge on any atom is -0.451 e. The summed E-state index contributed by atoms with van der Waals surface area (Å²) in [6.45, 7) is 2.16. The first-order valence-electron chi connectivity index (χ1n) is 7.16. The number of carbonyl (C=O) groups is 2. The second-order valence-electron chi connectivity index (χ2n) is 4.96. The van der Waals surface area contributed by atoms with Gasteiger partial charge in [0.2, 0.25) is 0 Å². The summed E-state index contributed by atoms with van der Waals surface area (Å²) in [6, 6.07) is 10.9. The quantitative estimate of drug-likeness (QED) is 0.825. The molecule has 0 unspecified atom stereocenters. The maximum Gasteiger partial charge on any atom is 0.357 e. The Labute approximate surface area is 139 Å². The van der Waals surface area contributed by atoms with E-state index >= 15 is 0 Å². The number of nitrogens with zero attached hydrogens (tertiary/aromatic N) is 1. The largest absolute Gasteiger partial charge is 0.451 e. The number of halogens is 1. The minimum absolute atomic E-state index is 0.0743. The van der Waals surface area contributed by atoms with Crippen LogP contribution in [0.3, 0.4) is 0 Å². The van der Waals surface area contributed by atoms with Gasteiger partial charge in [0.1, 0.15) is 5.69 Å². The predicted octanol–water partition coefficient (Wildman–Crippen LogP) is 2.56. The van der Waals surface area contributed by atoms with Crippen molar-refractivity contribution in [1.29, 1.82) is 0 Å². The maximum atomic E-state index is 11.7. The van der Waals surface area contributed by atoms with E-state index in [4.69, 9.17) is 16.3 Å². The van der Waals surface area contributed by atoms with Crippen molar-refractivity contribution in [1.82, 2.24) is 10.3 Å². The Balaban J connectivity index is 1.73. The summed E-state index contributed by atoms with van der Waals surface area (Å²) in [4.78, 5) is 27.2. The Morgan fingerprint density at radius 2 is 2.04 bits per heavy atom. The van der Waals surface area contributed by atoms with Crippen LogP contribution >= 0.6 is 11.6 Å². The van der Waals surface area contributed by atoms with Crippen LogP contribution in [-0.2, 0) is 16.0 Å². The zero-order chi connectivity index (χ0) is 16.7. The highest BCUT2D eigenvalue weighted by Gasteiger charge is 2.11. The van der Waals surface area contributed by atoms with E-state index in [-0.39, 0.29) is 18.2 Å². The van der Waals surface area contributed by atoms with Crippen LogP contribution in [-0.4, -0.2) is 30.0 Å². The van der Waals surface area contributed by atoms with E-state index in [9.17, 15) is 9.59 Å². The standard InChI is InChI=1S/C17H17ClN2O3/c1-12-4-2-3-5-13(12)6-8-20-16(21)11-23-17(22)15-10-14(18)7-9-19-15/h2-5,7,9-10H,6,8,11H2,1H3,(H,20,21). The van der Waals surface area contributed by atoms with Crippen molar-refractivity contribution in [3.05, 3.63) is 64.4 Å². The molecule has 0 saturated heterocycles. The normalized spacial score (nSPS) is 10.2. The third-order valence-electron chi connectivity index (χ3n) is 3.24. The monoisotopic (exact) mass is 332 g/mol. The summed E-state index contributed by atoms with van der Waals surface area (Å²) in [5, 5.41) is 3.10. The van der Waals surface area contributed by atoms with Crippen LogP contribution < -0.4 is 5.32 Å². The molecule has 0 fully saturated rings. The fraction of sp³-hybridized carbons (Fsp3) is 0.235. The van der Waals surface area contributed by atoms with E-state index < -0.39 is 5.97 Å². The van der Waals surface area contributed by atoms with Crippen LogP contribution in [0.25, 0.3) is 0 Å². The van der Waals surface area contributed by atoms with Crippen LogP contribution in [0.5, 0.6) is 0 Å². The molecule has 23 heavy (non-hydrogen) atoms. The van der Waals surface area contributed by atoms with Gasteiger partial charge in [-0.05, 0) is 36.6 Å². The summed E-state index contributed by atoms with van der Waals surface area (Å²) in [5.41, 5.74) is 2.43. The van der Waals surface area contributed by atoms with E-state index in [1.807, 2.05) is 31.2 Å². The molecule has 1 amide bonds. The minimum atomic E-state index is -0.679. The summed E-state index contributed by atoms with van der Waals surface area (Å²) < 4.78 is 4.90. The van der Waals surface area contributed by atoms with Gasteiger partial charge in [0, 0.05) is 17.8 Å². The molecule has 120 valence electrons. The molecule has 0 spiro atoms. The van der Waals surface area contributed by atoms with Gasteiger partial charge >= 0.3 is 5.97 Å². The van der Waals surface area contributed by atoms with Crippen molar-refractivity contribution in [2.24, 2.45) is 0 Å². The number of nitrogens with one attached hydrogen (secondary N) is 1. The smallest absolute Gasteiger partial charge is 0.357 e. The van der Waals surface area contributed by atoms with Gasteiger partial charge in [0.05, 0.1) is 0 Å². The fourth-order valence-electron chi connectivity index (χ4n) is 2.00. The van der Waals surface area contributed by atoms with Crippen LogP contribution in [0.2, 0.25) is 5.02 Å². The fourth-order valence-corrected chi connectivity index (χ4v) is 2.16. The number of benzene rings is 1. The van der Waals surface area contributed by atoms with Crippen LogP contribution in [0.4, 0.5) is 0 Å². The first kappa shape index (κ1) is 17.0. The molecule has 1 aromatic heterocycles. The molecule has 0 saturated carbocycles. The first-order valence-corrected chi connectivity index (χ1v) is 7.54.